The lowest BCUT2D eigenvalue weighted by Crippen LogP contribution is -2.56. The Labute approximate surface area is 155 Å². The van der Waals surface area contributed by atoms with Crippen molar-refractivity contribution in [2.45, 2.75) is 44.5 Å². The van der Waals surface area contributed by atoms with E-state index in [0.29, 0.717) is 6.04 Å². The molecule has 25 heavy (non-hydrogen) atoms. The highest BCUT2D eigenvalue weighted by molar-refractivity contribution is 7.10. The number of aliphatic hydroxyl groups is 1. The van der Waals surface area contributed by atoms with Crippen LogP contribution in [0.25, 0.3) is 0 Å². The fraction of sp³-hybridized carbons (Fsp3) is 0.789. The molecule has 0 amide bonds. The minimum absolute atomic E-state index is 0.240. The van der Waals surface area contributed by atoms with Gasteiger partial charge in [-0.2, -0.15) is 0 Å². The van der Waals surface area contributed by atoms with E-state index >= 15 is 0 Å². The van der Waals surface area contributed by atoms with Gasteiger partial charge in [-0.3, -0.25) is 14.7 Å². The second-order valence-electron chi connectivity index (χ2n) is 7.71. The number of thiophene rings is 1. The number of piperidine rings is 1. The van der Waals surface area contributed by atoms with Crippen LogP contribution < -0.4 is 0 Å². The van der Waals surface area contributed by atoms with Crippen molar-refractivity contribution in [1.29, 1.82) is 0 Å². The molecular formula is C19H31N3O2S. The van der Waals surface area contributed by atoms with Crippen molar-refractivity contribution in [3.05, 3.63) is 21.9 Å². The summed E-state index contributed by atoms with van der Waals surface area (Å²) in [5.41, 5.74) is 1.46. The van der Waals surface area contributed by atoms with Crippen molar-refractivity contribution in [3.8, 4) is 0 Å². The highest BCUT2D eigenvalue weighted by Gasteiger charge is 2.32. The van der Waals surface area contributed by atoms with Crippen molar-refractivity contribution in [2.24, 2.45) is 0 Å². The third-order valence-corrected chi connectivity index (χ3v) is 6.81. The van der Waals surface area contributed by atoms with E-state index < -0.39 is 0 Å². The average Bonchev–Trinajstić information content (AvgIpc) is 3.28. The maximum Gasteiger partial charge on any atom is 0.0822 e. The van der Waals surface area contributed by atoms with E-state index in [1.54, 1.807) is 0 Å². The first kappa shape index (κ1) is 17.9. The molecule has 3 fully saturated rings. The Morgan fingerprint density at radius 3 is 2.60 bits per heavy atom. The molecule has 3 aliphatic heterocycles. The van der Waals surface area contributed by atoms with Crippen molar-refractivity contribution >= 4 is 11.3 Å². The van der Waals surface area contributed by atoms with E-state index in [9.17, 15) is 5.11 Å². The smallest absolute Gasteiger partial charge is 0.0822 e. The molecule has 4 rings (SSSR count). The lowest BCUT2D eigenvalue weighted by molar-refractivity contribution is -0.0532. The molecule has 0 unspecified atom stereocenters. The van der Waals surface area contributed by atoms with E-state index in [2.05, 4.69) is 26.1 Å². The zero-order chi connectivity index (χ0) is 17.1. The highest BCUT2D eigenvalue weighted by Crippen LogP contribution is 2.24. The summed E-state index contributed by atoms with van der Waals surface area (Å²) in [5, 5.41) is 13.0. The number of ether oxygens (including phenoxy) is 1. The van der Waals surface area contributed by atoms with Crippen molar-refractivity contribution < 1.29 is 9.84 Å². The zero-order valence-electron chi connectivity index (χ0n) is 15.1. The first-order chi connectivity index (χ1) is 12.3. The Morgan fingerprint density at radius 1 is 1.04 bits per heavy atom. The second-order valence-corrected chi connectivity index (χ2v) is 8.71. The fourth-order valence-corrected chi connectivity index (χ4v) is 5.40. The van der Waals surface area contributed by atoms with Gasteiger partial charge in [0.15, 0.2) is 0 Å². The molecule has 1 N–H and O–H groups in total. The number of morpholine rings is 1. The Kier molecular flexibility index (Phi) is 6.05. The van der Waals surface area contributed by atoms with Gasteiger partial charge in [0.25, 0.3) is 0 Å². The maximum absolute atomic E-state index is 10.6. The molecular weight excluding hydrogens is 334 g/mol. The predicted octanol–water partition coefficient (Wildman–Crippen LogP) is 1.61. The largest absolute Gasteiger partial charge is 0.390 e. The van der Waals surface area contributed by atoms with Crippen molar-refractivity contribution in [1.82, 2.24) is 14.7 Å². The molecule has 0 saturated carbocycles. The third kappa shape index (κ3) is 4.62. The molecule has 0 radical (unpaired) electrons. The molecule has 2 atom stereocenters. The second kappa shape index (κ2) is 8.46. The van der Waals surface area contributed by atoms with Crippen LogP contribution in [0.4, 0.5) is 0 Å². The summed E-state index contributed by atoms with van der Waals surface area (Å²) in [6, 6.07) is 2.69. The van der Waals surface area contributed by atoms with Gasteiger partial charge in [0.1, 0.15) is 0 Å². The summed E-state index contributed by atoms with van der Waals surface area (Å²) in [6.07, 6.45) is 3.53. The maximum atomic E-state index is 10.6. The molecule has 5 nitrogen and oxygen atoms in total. The number of aliphatic hydroxyl groups excluding tert-OH is 1. The number of nitrogens with zero attached hydrogens (tertiary/aromatic N) is 3. The van der Waals surface area contributed by atoms with Gasteiger partial charge in [-0.15, -0.1) is 11.3 Å². The van der Waals surface area contributed by atoms with Gasteiger partial charge in [0.05, 0.1) is 19.3 Å². The molecule has 1 aromatic heterocycles. The van der Waals surface area contributed by atoms with Gasteiger partial charge in [0, 0.05) is 50.2 Å². The summed E-state index contributed by atoms with van der Waals surface area (Å²) in [6.45, 7) is 10.0. The monoisotopic (exact) mass is 365 g/mol. The van der Waals surface area contributed by atoms with Crippen LogP contribution in [0.1, 0.15) is 29.7 Å². The topological polar surface area (TPSA) is 39.2 Å². The molecule has 4 heterocycles. The lowest BCUT2D eigenvalue weighted by Gasteiger charge is -2.42. The molecule has 6 heteroatoms. The lowest BCUT2D eigenvalue weighted by atomic mass is 9.99. The quantitative estimate of drug-likeness (QED) is 0.858. The summed E-state index contributed by atoms with van der Waals surface area (Å²) in [5.74, 6) is 0. The number of β-amino-alcohol motifs (C(OH)–C–C–N with tert-alkyl or cyclic N) is 1. The van der Waals surface area contributed by atoms with Crippen LogP contribution in [0.2, 0.25) is 0 Å². The molecule has 0 spiro atoms. The first-order valence-electron chi connectivity index (χ1n) is 9.79. The Morgan fingerprint density at radius 2 is 1.84 bits per heavy atom. The van der Waals surface area contributed by atoms with Crippen LogP contribution in [0, 0.1) is 0 Å². The minimum atomic E-state index is -0.240. The van der Waals surface area contributed by atoms with E-state index in [1.807, 2.05) is 11.3 Å². The van der Waals surface area contributed by atoms with Crippen LogP contribution in [-0.2, 0) is 17.8 Å². The van der Waals surface area contributed by atoms with Gasteiger partial charge in [-0.25, -0.2) is 0 Å². The minimum Gasteiger partial charge on any atom is -0.390 e. The van der Waals surface area contributed by atoms with Crippen LogP contribution in [0.15, 0.2) is 11.4 Å². The van der Waals surface area contributed by atoms with Crippen LogP contribution >= 0.6 is 11.3 Å². The van der Waals surface area contributed by atoms with Gasteiger partial charge < -0.3 is 9.84 Å². The predicted molar refractivity (Wildman–Crippen MR) is 101 cm³/mol. The van der Waals surface area contributed by atoms with Gasteiger partial charge >= 0.3 is 0 Å². The zero-order valence-corrected chi connectivity index (χ0v) is 15.9. The van der Waals surface area contributed by atoms with Gasteiger partial charge in [-0.1, -0.05) is 0 Å². The summed E-state index contributed by atoms with van der Waals surface area (Å²) >= 11 is 1.88. The van der Waals surface area contributed by atoms with Crippen LogP contribution in [-0.4, -0.2) is 84.4 Å². The molecule has 1 aromatic rings. The van der Waals surface area contributed by atoms with Crippen molar-refractivity contribution in [2.75, 3.05) is 52.5 Å². The molecule has 0 aromatic carbocycles. The Bertz CT molecular complexity index is 541. The number of rotatable bonds is 5. The summed E-state index contributed by atoms with van der Waals surface area (Å²) in [7, 11) is 0. The normalized spacial score (nSPS) is 30.1. The van der Waals surface area contributed by atoms with Gasteiger partial charge in [0.2, 0.25) is 0 Å². The molecule has 3 saturated heterocycles. The van der Waals surface area contributed by atoms with Crippen LogP contribution in [0.3, 0.4) is 0 Å². The fourth-order valence-electron chi connectivity index (χ4n) is 4.47. The number of hydrogen-bond donors (Lipinski definition) is 1. The van der Waals surface area contributed by atoms with Crippen LogP contribution in [0.5, 0.6) is 0 Å². The SMILES string of the molecule is O[C@@H]1CN(Cc2cc(CN3CCCC3)cs2)CC[C@H]1N1CCOCC1. The van der Waals surface area contributed by atoms with Gasteiger partial charge in [-0.05, 0) is 49.4 Å². The first-order valence-corrected chi connectivity index (χ1v) is 10.7. The molecule has 0 bridgehead atoms. The molecule has 3 aliphatic rings. The van der Waals surface area contributed by atoms with E-state index in [4.69, 9.17) is 4.74 Å². The van der Waals surface area contributed by atoms with Crippen molar-refractivity contribution in [3.63, 3.8) is 0 Å². The van der Waals surface area contributed by atoms with E-state index in [-0.39, 0.29) is 6.10 Å². The number of hydrogen-bond acceptors (Lipinski definition) is 6. The molecule has 0 aliphatic carbocycles. The highest BCUT2D eigenvalue weighted by atomic mass is 32.1. The van der Waals surface area contributed by atoms with E-state index in [1.165, 1.54) is 36.4 Å². The standard InChI is InChI=1S/C19H31N3O2S/c23-19-14-21(6-3-18(19)22-7-9-24-10-8-22)13-17-11-16(15-25-17)12-20-4-1-2-5-20/h11,15,18-19,23H,1-10,12-14H2/t18-,19-/m1/s1. The molecule has 140 valence electrons. The number of likely N-dealkylation sites (tertiary alicyclic amines) is 2. The van der Waals surface area contributed by atoms with E-state index in [0.717, 1.165) is 58.9 Å². The Balaban J connectivity index is 1.27. The average molecular weight is 366 g/mol. The Hall–Kier alpha value is -0.500. The third-order valence-electron chi connectivity index (χ3n) is 5.84. The summed E-state index contributed by atoms with van der Waals surface area (Å²) < 4.78 is 5.44. The summed E-state index contributed by atoms with van der Waals surface area (Å²) in [4.78, 5) is 8.84.